The van der Waals surface area contributed by atoms with Crippen molar-refractivity contribution in [2.75, 3.05) is 6.61 Å². The van der Waals surface area contributed by atoms with Gasteiger partial charge in [-0.05, 0) is 81.5 Å². The Balaban J connectivity index is 0.00000109. The number of carbonyl (C=O) groups is 1. The zero-order valence-corrected chi connectivity index (χ0v) is 19.4. The van der Waals surface area contributed by atoms with E-state index in [4.69, 9.17) is 4.74 Å². The molecule has 4 aliphatic rings. The summed E-state index contributed by atoms with van der Waals surface area (Å²) in [4.78, 5) is 12.0. The van der Waals surface area contributed by atoms with Gasteiger partial charge in [-0.25, -0.2) is 0 Å². The lowest BCUT2D eigenvalue weighted by atomic mass is 9.48. The van der Waals surface area contributed by atoms with Gasteiger partial charge in [0, 0.05) is 24.9 Å². The van der Waals surface area contributed by atoms with Gasteiger partial charge in [0.2, 0.25) is 0 Å². The van der Waals surface area contributed by atoms with Crippen molar-refractivity contribution in [1.82, 2.24) is 0 Å². The number of fused-ring (bicyclic) bond motifs is 5. The standard InChI is InChI=1S/C24H38O2.C2H6/c1-5-15-26-23(4)13-10-21-19-8-7-17-16-18(25)9-12-22(17,3)20(19)11-14-24(21,23)6-2;1-2/h11,17,19,21H,5-10,12-16H2,1-4H3;1-2H3. The maximum Gasteiger partial charge on any atom is 0.133 e. The number of ether oxygens (including phenoxy) is 1. The Bertz CT molecular complexity index is 608. The molecular formula is C26H44O2. The van der Waals surface area contributed by atoms with E-state index in [0.29, 0.717) is 22.5 Å². The highest BCUT2D eigenvalue weighted by Crippen LogP contribution is 2.67. The van der Waals surface area contributed by atoms with Crippen LogP contribution in [0.1, 0.15) is 106 Å². The highest BCUT2D eigenvalue weighted by atomic mass is 16.5. The van der Waals surface area contributed by atoms with Crippen LogP contribution in [0.5, 0.6) is 0 Å². The minimum atomic E-state index is 0.0464. The number of hydrogen-bond acceptors (Lipinski definition) is 2. The fourth-order valence-corrected chi connectivity index (χ4v) is 7.69. The zero-order valence-electron chi connectivity index (χ0n) is 19.4. The molecule has 3 fully saturated rings. The first-order valence-electron chi connectivity index (χ1n) is 12.3. The summed E-state index contributed by atoms with van der Waals surface area (Å²) >= 11 is 0. The number of Topliss-reactive ketones (excluding diaryl/α,β-unsaturated/α-hetero) is 1. The molecule has 6 atom stereocenters. The van der Waals surface area contributed by atoms with Crippen LogP contribution in [0.15, 0.2) is 11.6 Å². The van der Waals surface area contributed by atoms with Crippen LogP contribution in [-0.4, -0.2) is 18.0 Å². The topological polar surface area (TPSA) is 26.3 Å². The molecule has 0 amide bonds. The first-order chi connectivity index (χ1) is 13.4. The smallest absolute Gasteiger partial charge is 0.133 e. The van der Waals surface area contributed by atoms with E-state index in [1.54, 1.807) is 5.57 Å². The van der Waals surface area contributed by atoms with Crippen LogP contribution in [0.2, 0.25) is 0 Å². The molecule has 160 valence electrons. The Morgan fingerprint density at radius 2 is 1.86 bits per heavy atom. The van der Waals surface area contributed by atoms with Crippen molar-refractivity contribution in [3.8, 4) is 0 Å². The molecule has 0 spiro atoms. The van der Waals surface area contributed by atoms with Gasteiger partial charge >= 0.3 is 0 Å². The molecule has 0 saturated heterocycles. The second kappa shape index (κ2) is 8.25. The number of allylic oxidation sites excluding steroid dienone is 2. The minimum Gasteiger partial charge on any atom is -0.375 e. The van der Waals surface area contributed by atoms with Gasteiger partial charge in [0.1, 0.15) is 5.78 Å². The predicted molar refractivity (Wildman–Crippen MR) is 117 cm³/mol. The van der Waals surface area contributed by atoms with E-state index in [0.717, 1.165) is 44.1 Å². The SMILES string of the molecule is CC.CCCOC1(C)CCC2C3CCC4CC(=O)CCC4(C)C3=CCC21CC. The third-order valence-electron chi connectivity index (χ3n) is 9.31. The molecule has 0 N–H and O–H groups in total. The summed E-state index contributed by atoms with van der Waals surface area (Å²) in [5.41, 5.74) is 2.41. The summed E-state index contributed by atoms with van der Waals surface area (Å²) < 4.78 is 6.55. The lowest BCUT2D eigenvalue weighted by molar-refractivity contribution is -0.133. The van der Waals surface area contributed by atoms with Gasteiger partial charge in [0.15, 0.2) is 0 Å². The van der Waals surface area contributed by atoms with Crippen LogP contribution in [0.3, 0.4) is 0 Å². The van der Waals surface area contributed by atoms with E-state index in [1.165, 1.54) is 38.5 Å². The molecule has 0 aromatic heterocycles. The van der Waals surface area contributed by atoms with Crippen molar-refractivity contribution in [3.05, 3.63) is 11.6 Å². The van der Waals surface area contributed by atoms with Crippen molar-refractivity contribution < 1.29 is 9.53 Å². The molecule has 0 radical (unpaired) electrons. The molecule has 3 saturated carbocycles. The van der Waals surface area contributed by atoms with Crippen LogP contribution >= 0.6 is 0 Å². The van der Waals surface area contributed by atoms with E-state index in [2.05, 4.69) is 33.8 Å². The van der Waals surface area contributed by atoms with Crippen LogP contribution in [0.25, 0.3) is 0 Å². The highest BCUT2D eigenvalue weighted by molar-refractivity contribution is 5.80. The summed E-state index contributed by atoms with van der Waals surface area (Å²) in [6, 6.07) is 0. The van der Waals surface area contributed by atoms with Crippen LogP contribution < -0.4 is 0 Å². The third-order valence-corrected chi connectivity index (χ3v) is 9.31. The second-order valence-electron chi connectivity index (χ2n) is 10.1. The van der Waals surface area contributed by atoms with Crippen molar-refractivity contribution in [2.45, 2.75) is 111 Å². The average Bonchev–Trinajstić information content (AvgIpc) is 3.02. The summed E-state index contributed by atoms with van der Waals surface area (Å²) in [5.74, 6) is 2.63. The molecule has 0 bridgehead atoms. The van der Waals surface area contributed by atoms with E-state index < -0.39 is 0 Å². The van der Waals surface area contributed by atoms with Gasteiger partial charge in [-0.15, -0.1) is 0 Å². The van der Waals surface area contributed by atoms with Crippen LogP contribution in [-0.2, 0) is 9.53 Å². The van der Waals surface area contributed by atoms with Crippen molar-refractivity contribution in [3.63, 3.8) is 0 Å². The van der Waals surface area contributed by atoms with E-state index in [-0.39, 0.29) is 5.60 Å². The van der Waals surface area contributed by atoms with Crippen molar-refractivity contribution >= 4 is 5.78 Å². The van der Waals surface area contributed by atoms with Crippen molar-refractivity contribution in [2.24, 2.45) is 28.6 Å². The van der Waals surface area contributed by atoms with Gasteiger partial charge in [0.25, 0.3) is 0 Å². The fraction of sp³-hybridized carbons (Fsp3) is 0.885. The number of hydrogen-bond donors (Lipinski definition) is 0. The molecule has 6 unspecified atom stereocenters. The Kier molecular flexibility index (Phi) is 6.50. The lowest BCUT2D eigenvalue weighted by Gasteiger charge is -2.58. The first kappa shape index (κ1) is 22.1. The largest absolute Gasteiger partial charge is 0.375 e. The van der Waals surface area contributed by atoms with E-state index in [1.807, 2.05) is 13.8 Å². The number of ketones is 1. The van der Waals surface area contributed by atoms with Gasteiger partial charge in [-0.3, -0.25) is 4.79 Å². The molecule has 4 aliphatic carbocycles. The zero-order chi connectivity index (χ0) is 20.6. The third kappa shape index (κ3) is 3.13. The quantitative estimate of drug-likeness (QED) is 0.479. The van der Waals surface area contributed by atoms with Gasteiger partial charge in [0.05, 0.1) is 5.60 Å². The Labute approximate surface area is 173 Å². The van der Waals surface area contributed by atoms with Gasteiger partial charge in [-0.1, -0.05) is 46.3 Å². The molecule has 4 rings (SSSR count). The van der Waals surface area contributed by atoms with Gasteiger partial charge < -0.3 is 4.74 Å². The Hall–Kier alpha value is -0.630. The predicted octanol–water partition coefficient (Wildman–Crippen LogP) is 7.12. The molecule has 0 aliphatic heterocycles. The Morgan fingerprint density at radius 1 is 1.11 bits per heavy atom. The van der Waals surface area contributed by atoms with E-state index in [9.17, 15) is 4.79 Å². The first-order valence-corrected chi connectivity index (χ1v) is 12.3. The summed E-state index contributed by atoms with van der Waals surface area (Å²) in [7, 11) is 0. The molecule has 28 heavy (non-hydrogen) atoms. The maximum atomic E-state index is 12.0. The Morgan fingerprint density at radius 3 is 2.54 bits per heavy atom. The average molecular weight is 389 g/mol. The normalized spacial score (nSPS) is 44.6. The van der Waals surface area contributed by atoms with E-state index >= 15 is 0 Å². The maximum absolute atomic E-state index is 12.0. The summed E-state index contributed by atoms with van der Waals surface area (Å²) in [6.07, 6.45) is 14.0. The number of rotatable bonds is 4. The number of carbonyl (C=O) groups excluding carboxylic acids is 1. The van der Waals surface area contributed by atoms with Crippen LogP contribution in [0.4, 0.5) is 0 Å². The molecule has 0 aromatic carbocycles. The molecule has 0 aromatic rings. The van der Waals surface area contributed by atoms with Gasteiger partial charge in [-0.2, -0.15) is 0 Å². The lowest BCUT2D eigenvalue weighted by Crippen LogP contribution is -2.53. The second-order valence-corrected chi connectivity index (χ2v) is 10.1. The highest BCUT2D eigenvalue weighted by Gasteiger charge is 2.62. The molecular weight excluding hydrogens is 344 g/mol. The monoisotopic (exact) mass is 388 g/mol. The minimum absolute atomic E-state index is 0.0464. The fourth-order valence-electron chi connectivity index (χ4n) is 7.69. The summed E-state index contributed by atoms with van der Waals surface area (Å²) in [5, 5.41) is 0. The summed E-state index contributed by atoms with van der Waals surface area (Å²) in [6.45, 7) is 14.4. The molecule has 2 nitrogen and oxygen atoms in total. The molecule has 0 heterocycles. The van der Waals surface area contributed by atoms with Crippen molar-refractivity contribution in [1.29, 1.82) is 0 Å². The molecule has 2 heteroatoms. The van der Waals surface area contributed by atoms with Crippen LogP contribution in [0, 0.1) is 28.6 Å².